The Kier molecular flexibility index (Phi) is 5.75. The SMILES string of the molecule is CCOC(=O)[C@@H](O)C=C=C(c1ccccc1)C(C)(C)C. The molecule has 20 heavy (non-hydrogen) atoms. The van der Waals surface area contributed by atoms with Crippen molar-refractivity contribution >= 4 is 11.5 Å². The van der Waals surface area contributed by atoms with Crippen LogP contribution in [0.4, 0.5) is 0 Å². The molecular weight excluding hydrogens is 252 g/mol. The summed E-state index contributed by atoms with van der Waals surface area (Å²) in [5.41, 5.74) is 4.86. The van der Waals surface area contributed by atoms with Gasteiger partial charge in [0.05, 0.1) is 6.61 Å². The van der Waals surface area contributed by atoms with Crippen molar-refractivity contribution in [3.63, 3.8) is 0 Å². The van der Waals surface area contributed by atoms with Crippen LogP contribution >= 0.6 is 0 Å². The van der Waals surface area contributed by atoms with E-state index in [0.29, 0.717) is 0 Å². The number of aliphatic hydroxyl groups excluding tert-OH is 1. The third-order valence-corrected chi connectivity index (χ3v) is 2.73. The molecule has 1 atom stereocenters. The highest BCUT2D eigenvalue weighted by molar-refractivity contribution is 5.77. The first kappa shape index (κ1) is 16.2. The van der Waals surface area contributed by atoms with Crippen LogP contribution in [0.1, 0.15) is 33.3 Å². The molecule has 0 saturated heterocycles. The Labute approximate surface area is 120 Å². The summed E-state index contributed by atoms with van der Waals surface area (Å²) in [7, 11) is 0. The maximum atomic E-state index is 11.4. The number of hydrogen-bond acceptors (Lipinski definition) is 3. The molecule has 0 amide bonds. The first-order chi connectivity index (χ1) is 9.36. The number of carbonyl (C=O) groups excluding carboxylic acids is 1. The number of ether oxygens (including phenoxy) is 1. The molecular formula is C17H22O3. The van der Waals surface area contributed by atoms with Gasteiger partial charge in [0.2, 0.25) is 0 Å². The van der Waals surface area contributed by atoms with Crippen LogP contribution in [-0.4, -0.2) is 23.8 Å². The zero-order chi connectivity index (χ0) is 15.2. The number of benzene rings is 1. The molecule has 1 N–H and O–H groups in total. The average molecular weight is 274 g/mol. The number of hydrogen-bond donors (Lipinski definition) is 1. The van der Waals surface area contributed by atoms with Crippen molar-refractivity contribution in [2.24, 2.45) is 5.41 Å². The van der Waals surface area contributed by atoms with Crippen molar-refractivity contribution in [3.8, 4) is 0 Å². The second-order valence-electron chi connectivity index (χ2n) is 5.50. The van der Waals surface area contributed by atoms with Crippen molar-refractivity contribution in [1.29, 1.82) is 0 Å². The van der Waals surface area contributed by atoms with E-state index < -0.39 is 12.1 Å². The van der Waals surface area contributed by atoms with Gasteiger partial charge in [0.1, 0.15) is 0 Å². The smallest absolute Gasteiger partial charge is 0.339 e. The number of rotatable bonds is 4. The number of aliphatic hydroxyl groups is 1. The highest BCUT2D eigenvalue weighted by Gasteiger charge is 2.19. The Bertz CT molecular complexity index is 503. The van der Waals surface area contributed by atoms with Gasteiger partial charge < -0.3 is 9.84 Å². The van der Waals surface area contributed by atoms with Gasteiger partial charge in [-0.15, -0.1) is 5.73 Å². The van der Waals surface area contributed by atoms with Crippen molar-refractivity contribution < 1.29 is 14.6 Å². The zero-order valence-electron chi connectivity index (χ0n) is 12.5. The lowest BCUT2D eigenvalue weighted by Gasteiger charge is -2.21. The van der Waals surface area contributed by atoms with Crippen LogP contribution < -0.4 is 0 Å². The van der Waals surface area contributed by atoms with E-state index in [1.807, 2.05) is 30.3 Å². The third-order valence-electron chi connectivity index (χ3n) is 2.73. The molecule has 0 saturated carbocycles. The fourth-order valence-electron chi connectivity index (χ4n) is 1.80. The molecule has 0 aliphatic rings. The molecule has 3 heteroatoms. The minimum atomic E-state index is -1.28. The van der Waals surface area contributed by atoms with Gasteiger partial charge in [-0.1, -0.05) is 51.1 Å². The normalized spacial score (nSPS) is 12.2. The standard InChI is InChI=1S/C17H22O3/c1-5-20-16(19)15(18)12-11-14(17(2,3)4)13-9-7-6-8-10-13/h6-10,12,15,18H,5H2,1-4H3/t11?,15-/m0/s1. The fraction of sp³-hybridized carbons (Fsp3) is 0.412. The molecule has 0 radical (unpaired) electrons. The van der Waals surface area contributed by atoms with Gasteiger partial charge in [-0.2, -0.15) is 0 Å². The van der Waals surface area contributed by atoms with Crippen LogP contribution in [0.2, 0.25) is 0 Å². The highest BCUT2D eigenvalue weighted by atomic mass is 16.5. The lowest BCUT2D eigenvalue weighted by atomic mass is 9.82. The molecule has 0 aromatic heterocycles. The minimum Gasteiger partial charge on any atom is -0.464 e. The zero-order valence-corrected chi connectivity index (χ0v) is 12.5. The number of carbonyl (C=O) groups is 1. The predicted octanol–water partition coefficient (Wildman–Crippen LogP) is 3.20. The van der Waals surface area contributed by atoms with E-state index in [-0.39, 0.29) is 12.0 Å². The van der Waals surface area contributed by atoms with Crippen molar-refractivity contribution in [2.45, 2.75) is 33.8 Å². The maximum absolute atomic E-state index is 11.4. The van der Waals surface area contributed by atoms with E-state index in [9.17, 15) is 9.90 Å². The molecule has 0 heterocycles. The highest BCUT2D eigenvalue weighted by Crippen LogP contribution is 2.32. The summed E-state index contributed by atoms with van der Waals surface area (Å²) in [6.07, 6.45) is 0.0713. The first-order valence-corrected chi connectivity index (χ1v) is 6.73. The van der Waals surface area contributed by atoms with Crippen LogP contribution in [0.15, 0.2) is 42.1 Å². The van der Waals surface area contributed by atoms with E-state index in [1.165, 1.54) is 6.08 Å². The van der Waals surface area contributed by atoms with Crippen LogP contribution in [-0.2, 0) is 9.53 Å². The Morgan fingerprint density at radius 1 is 1.35 bits per heavy atom. The number of esters is 1. The van der Waals surface area contributed by atoms with Crippen molar-refractivity contribution in [1.82, 2.24) is 0 Å². The molecule has 0 fully saturated rings. The van der Waals surface area contributed by atoms with Gasteiger partial charge in [-0.25, -0.2) is 4.79 Å². The fourth-order valence-corrected chi connectivity index (χ4v) is 1.80. The minimum absolute atomic E-state index is 0.147. The van der Waals surface area contributed by atoms with Crippen LogP contribution in [0.25, 0.3) is 5.57 Å². The molecule has 108 valence electrons. The molecule has 0 aliphatic heterocycles. The molecule has 0 unspecified atom stereocenters. The van der Waals surface area contributed by atoms with E-state index in [1.54, 1.807) is 6.92 Å². The molecule has 0 spiro atoms. The molecule has 3 nitrogen and oxygen atoms in total. The van der Waals surface area contributed by atoms with Crippen LogP contribution in [0.3, 0.4) is 0 Å². The van der Waals surface area contributed by atoms with Gasteiger partial charge in [0, 0.05) is 5.57 Å². The summed E-state index contributed by atoms with van der Waals surface area (Å²) >= 11 is 0. The summed E-state index contributed by atoms with van der Waals surface area (Å²) in [5, 5.41) is 9.70. The van der Waals surface area contributed by atoms with Crippen molar-refractivity contribution in [3.05, 3.63) is 47.7 Å². The summed E-state index contributed by atoms with van der Waals surface area (Å²) in [6.45, 7) is 8.14. The second-order valence-corrected chi connectivity index (χ2v) is 5.50. The van der Waals surface area contributed by atoms with Gasteiger partial charge in [-0.3, -0.25) is 0 Å². The van der Waals surface area contributed by atoms with E-state index in [0.717, 1.165) is 11.1 Å². The maximum Gasteiger partial charge on any atom is 0.339 e. The van der Waals surface area contributed by atoms with Gasteiger partial charge in [0.25, 0.3) is 0 Å². The van der Waals surface area contributed by atoms with E-state index in [2.05, 4.69) is 26.5 Å². The lowest BCUT2D eigenvalue weighted by molar-refractivity contribution is -0.150. The van der Waals surface area contributed by atoms with Crippen LogP contribution in [0, 0.1) is 5.41 Å². The largest absolute Gasteiger partial charge is 0.464 e. The topological polar surface area (TPSA) is 46.5 Å². The summed E-state index contributed by atoms with van der Waals surface area (Å²) in [5.74, 6) is -0.652. The second kappa shape index (κ2) is 7.09. The Balaban J connectivity index is 3.13. The predicted molar refractivity (Wildman–Crippen MR) is 80.0 cm³/mol. The van der Waals surface area contributed by atoms with Gasteiger partial charge >= 0.3 is 5.97 Å². The Morgan fingerprint density at radius 3 is 2.45 bits per heavy atom. The lowest BCUT2D eigenvalue weighted by Crippen LogP contribution is -2.20. The van der Waals surface area contributed by atoms with E-state index in [4.69, 9.17) is 4.74 Å². The van der Waals surface area contributed by atoms with E-state index >= 15 is 0 Å². The van der Waals surface area contributed by atoms with Gasteiger partial charge in [-0.05, 0) is 24.0 Å². The molecule has 1 rings (SSSR count). The average Bonchev–Trinajstić information content (AvgIpc) is 2.38. The quantitative estimate of drug-likeness (QED) is 0.677. The monoisotopic (exact) mass is 274 g/mol. The van der Waals surface area contributed by atoms with Crippen molar-refractivity contribution in [2.75, 3.05) is 6.61 Å². The summed E-state index contributed by atoms with van der Waals surface area (Å²) in [6, 6.07) is 9.81. The van der Waals surface area contributed by atoms with Crippen LogP contribution in [0.5, 0.6) is 0 Å². The molecule has 0 bridgehead atoms. The van der Waals surface area contributed by atoms with Gasteiger partial charge in [0.15, 0.2) is 6.10 Å². The molecule has 1 aromatic rings. The Morgan fingerprint density at radius 2 is 1.95 bits per heavy atom. The first-order valence-electron chi connectivity index (χ1n) is 6.73. The summed E-state index contributed by atoms with van der Waals surface area (Å²) < 4.78 is 4.76. The third kappa shape index (κ3) is 4.69. The molecule has 0 aliphatic carbocycles. The molecule has 1 aromatic carbocycles. The summed E-state index contributed by atoms with van der Waals surface area (Å²) in [4.78, 5) is 11.4. The Hall–Kier alpha value is -1.83.